The van der Waals surface area contributed by atoms with Crippen molar-refractivity contribution in [3.63, 3.8) is 0 Å². The summed E-state index contributed by atoms with van der Waals surface area (Å²) in [4.78, 5) is 36.5. The molecule has 0 fully saturated rings. The summed E-state index contributed by atoms with van der Waals surface area (Å²) in [6.45, 7) is 3.64. The molecule has 0 radical (unpaired) electrons. The highest BCUT2D eigenvalue weighted by Crippen LogP contribution is 2.25. The number of benzene rings is 3. The summed E-state index contributed by atoms with van der Waals surface area (Å²) in [5, 5.41) is 9.37. The number of carbonyl (C=O) groups excluding carboxylic acids is 2. The van der Waals surface area contributed by atoms with Crippen molar-refractivity contribution in [3.8, 4) is 0 Å². The van der Waals surface area contributed by atoms with Gasteiger partial charge in [-0.05, 0) is 26.0 Å². The summed E-state index contributed by atoms with van der Waals surface area (Å²) in [5.74, 6) is -1.38. The molecule has 0 aliphatic rings. The van der Waals surface area contributed by atoms with Gasteiger partial charge in [-0.25, -0.2) is 8.42 Å². The minimum atomic E-state index is -4.21. The van der Waals surface area contributed by atoms with Crippen molar-refractivity contribution in [2.45, 2.75) is 30.4 Å². The van der Waals surface area contributed by atoms with E-state index in [2.05, 4.69) is 0 Å². The van der Waals surface area contributed by atoms with E-state index in [9.17, 15) is 28.1 Å². The number of non-ortho nitro benzene ring substituents is 1. The van der Waals surface area contributed by atoms with Crippen LogP contribution in [0.25, 0.3) is 0 Å². The van der Waals surface area contributed by atoms with E-state index in [1.54, 1.807) is 31.2 Å². The molecule has 0 saturated carbocycles. The summed E-state index contributed by atoms with van der Waals surface area (Å²) >= 11 is 0. The van der Waals surface area contributed by atoms with Crippen LogP contribution in [0.2, 0.25) is 0 Å². The van der Waals surface area contributed by atoms with E-state index in [4.69, 9.17) is 0 Å². The predicted molar refractivity (Wildman–Crippen MR) is 120 cm³/mol. The van der Waals surface area contributed by atoms with Gasteiger partial charge in [-0.15, -0.1) is 0 Å². The monoisotopic (exact) mass is 451 g/mol. The normalized spacial score (nSPS) is 12.2. The third-order valence-electron chi connectivity index (χ3n) is 5.10. The third kappa shape index (κ3) is 4.97. The highest BCUT2D eigenvalue weighted by Gasteiger charge is 2.36. The maximum Gasteiger partial charge on any atom is 0.270 e. The lowest BCUT2D eigenvalue weighted by Crippen LogP contribution is -2.33. The minimum Gasteiger partial charge on any atom is -0.294 e. The Balaban J connectivity index is 2.03. The highest BCUT2D eigenvalue weighted by molar-refractivity contribution is 7.92. The van der Waals surface area contributed by atoms with Crippen molar-refractivity contribution in [3.05, 3.63) is 105 Å². The van der Waals surface area contributed by atoms with Crippen molar-refractivity contribution >= 4 is 27.1 Å². The molecule has 3 aromatic carbocycles. The van der Waals surface area contributed by atoms with Crippen LogP contribution < -0.4 is 0 Å². The lowest BCUT2D eigenvalue weighted by molar-refractivity contribution is -0.384. The Labute approximate surface area is 185 Å². The van der Waals surface area contributed by atoms with E-state index >= 15 is 0 Å². The number of sulfone groups is 1. The number of ketones is 2. The quantitative estimate of drug-likeness (QED) is 0.283. The molecule has 3 rings (SSSR count). The van der Waals surface area contributed by atoms with Gasteiger partial charge in [0.2, 0.25) is 0 Å². The zero-order valence-electron chi connectivity index (χ0n) is 17.5. The van der Waals surface area contributed by atoms with Crippen LogP contribution in [0.1, 0.15) is 38.3 Å². The molecule has 8 heteroatoms. The topological polar surface area (TPSA) is 111 Å². The van der Waals surface area contributed by atoms with E-state index in [-0.39, 0.29) is 21.7 Å². The number of hydrogen-bond donors (Lipinski definition) is 0. The van der Waals surface area contributed by atoms with Crippen LogP contribution in [0.4, 0.5) is 5.69 Å². The molecule has 7 nitrogen and oxygen atoms in total. The molecule has 32 heavy (non-hydrogen) atoms. The van der Waals surface area contributed by atoms with Gasteiger partial charge in [0.05, 0.1) is 9.82 Å². The van der Waals surface area contributed by atoms with E-state index in [0.717, 1.165) is 17.2 Å². The Bertz CT molecular complexity index is 1280. The van der Waals surface area contributed by atoms with Crippen LogP contribution in [0.15, 0.2) is 77.7 Å². The van der Waals surface area contributed by atoms with Crippen LogP contribution in [-0.4, -0.2) is 30.2 Å². The predicted octanol–water partition coefficient (Wildman–Crippen LogP) is 4.51. The lowest BCUT2D eigenvalue weighted by Gasteiger charge is -2.17. The first kappa shape index (κ1) is 23.0. The van der Waals surface area contributed by atoms with Gasteiger partial charge < -0.3 is 0 Å². The summed E-state index contributed by atoms with van der Waals surface area (Å²) in [6, 6.07) is 17.5. The van der Waals surface area contributed by atoms with Crippen molar-refractivity contribution in [1.82, 2.24) is 0 Å². The van der Waals surface area contributed by atoms with Gasteiger partial charge >= 0.3 is 0 Å². The second-order valence-electron chi connectivity index (χ2n) is 7.51. The van der Waals surface area contributed by atoms with Crippen molar-refractivity contribution in [1.29, 1.82) is 0 Å². The Morgan fingerprint density at radius 2 is 1.44 bits per heavy atom. The Morgan fingerprint density at radius 3 is 2.00 bits per heavy atom. The molecule has 0 amide bonds. The van der Waals surface area contributed by atoms with E-state index in [1.807, 2.05) is 6.92 Å². The van der Waals surface area contributed by atoms with Gasteiger partial charge in [0.25, 0.3) is 5.69 Å². The molecule has 0 aliphatic heterocycles. The summed E-state index contributed by atoms with van der Waals surface area (Å²) in [7, 11) is -4.21. The zero-order chi connectivity index (χ0) is 23.5. The van der Waals surface area contributed by atoms with Gasteiger partial charge in [-0.1, -0.05) is 59.7 Å². The highest BCUT2D eigenvalue weighted by atomic mass is 32.2. The number of Topliss-reactive ketones (excluding diaryl/α,β-unsaturated/α-hetero) is 2. The maximum absolute atomic E-state index is 13.4. The largest absolute Gasteiger partial charge is 0.294 e. The van der Waals surface area contributed by atoms with Gasteiger partial charge in [0.1, 0.15) is 5.25 Å². The Morgan fingerprint density at radius 1 is 0.875 bits per heavy atom. The second kappa shape index (κ2) is 9.23. The Kier molecular flexibility index (Phi) is 6.64. The van der Waals surface area contributed by atoms with Gasteiger partial charge in [0.15, 0.2) is 21.4 Å². The first-order chi connectivity index (χ1) is 15.1. The molecule has 0 aliphatic carbocycles. The number of nitro benzene ring substituents is 1. The molecule has 0 saturated heterocycles. The molecule has 0 bridgehead atoms. The first-order valence-electron chi connectivity index (χ1n) is 9.78. The van der Waals surface area contributed by atoms with Crippen LogP contribution in [0, 0.1) is 24.0 Å². The first-order valence-corrected chi connectivity index (χ1v) is 11.3. The van der Waals surface area contributed by atoms with Crippen LogP contribution in [0.3, 0.4) is 0 Å². The fraction of sp³-hybridized carbons (Fsp3) is 0.167. The number of hydrogen-bond acceptors (Lipinski definition) is 6. The number of nitrogens with zero attached hydrogens (tertiary/aromatic N) is 1. The molecule has 164 valence electrons. The van der Waals surface area contributed by atoms with Crippen molar-refractivity contribution < 1.29 is 22.9 Å². The summed E-state index contributed by atoms with van der Waals surface area (Å²) < 4.78 is 26.8. The van der Waals surface area contributed by atoms with Crippen LogP contribution >= 0.6 is 0 Å². The molecular formula is C24H21NO6S. The van der Waals surface area contributed by atoms with Gasteiger partial charge in [-0.3, -0.25) is 19.7 Å². The van der Waals surface area contributed by atoms with Crippen LogP contribution in [0.5, 0.6) is 0 Å². The molecule has 0 aromatic heterocycles. The standard InChI is InChI=1S/C24H21NO6S/c1-16-6-10-18(11-7-16)24(27)23(32(30,31)21-12-8-17(2)9-13-21)15-22(26)19-4-3-5-20(14-19)25(28)29/h3-14,23H,15H2,1-2H3/t23-/m1/s1. The zero-order valence-corrected chi connectivity index (χ0v) is 18.3. The molecule has 0 spiro atoms. The van der Waals surface area contributed by atoms with Crippen molar-refractivity contribution in [2.75, 3.05) is 0 Å². The SMILES string of the molecule is Cc1ccc(C(=O)[C@@H](CC(=O)c2cccc([N+](=O)[O-])c2)S(=O)(=O)c2ccc(C)cc2)cc1. The number of carbonyl (C=O) groups is 2. The summed E-state index contributed by atoms with van der Waals surface area (Å²) in [5.41, 5.74) is 1.59. The fourth-order valence-electron chi connectivity index (χ4n) is 3.22. The molecule has 3 aromatic rings. The molecule has 1 atom stereocenters. The van der Waals surface area contributed by atoms with E-state index < -0.39 is 38.0 Å². The average molecular weight is 452 g/mol. The third-order valence-corrected chi connectivity index (χ3v) is 7.16. The number of aryl methyl sites for hydroxylation is 2. The lowest BCUT2D eigenvalue weighted by atomic mass is 10.00. The molecule has 0 N–H and O–H groups in total. The molecule has 0 unspecified atom stereocenters. The summed E-state index contributed by atoms with van der Waals surface area (Å²) in [6.07, 6.45) is -0.635. The van der Waals surface area contributed by atoms with Gasteiger partial charge in [0, 0.05) is 29.7 Å². The van der Waals surface area contributed by atoms with Crippen LogP contribution in [-0.2, 0) is 9.84 Å². The van der Waals surface area contributed by atoms with Gasteiger partial charge in [-0.2, -0.15) is 0 Å². The Hall–Kier alpha value is -3.65. The molecular weight excluding hydrogens is 430 g/mol. The number of nitro groups is 1. The van der Waals surface area contributed by atoms with E-state index in [0.29, 0.717) is 0 Å². The van der Waals surface area contributed by atoms with Crippen molar-refractivity contribution in [2.24, 2.45) is 0 Å². The number of rotatable bonds is 8. The maximum atomic E-state index is 13.4. The fourth-order valence-corrected chi connectivity index (χ4v) is 4.85. The second-order valence-corrected chi connectivity index (χ2v) is 9.64. The molecule has 0 heterocycles. The average Bonchev–Trinajstić information content (AvgIpc) is 2.77. The minimum absolute atomic E-state index is 0.0278. The smallest absolute Gasteiger partial charge is 0.270 e. The van der Waals surface area contributed by atoms with E-state index in [1.165, 1.54) is 42.5 Å².